The van der Waals surface area contributed by atoms with Gasteiger partial charge >= 0.3 is 12.3 Å². The van der Waals surface area contributed by atoms with Gasteiger partial charge in [-0.3, -0.25) is 0 Å². The number of pyridine rings is 1. The van der Waals surface area contributed by atoms with Crippen molar-refractivity contribution in [2.75, 3.05) is 14.2 Å². The molecule has 0 unspecified atom stereocenters. The van der Waals surface area contributed by atoms with Gasteiger partial charge in [0.15, 0.2) is 17.2 Å². The number of rotatable bonds is 3. The minimum atomic E-state index is -4.90. The van der Waals surface area contributed by atoms with E-state index in [-0.39, 0.29) is 17.0 Å². The summed E-state index contributed by atoms with van der Waals surface area (Å²) < 4.78 is 49.6. The van der Waals surface area contributed by atoms with E-state index in [0.29, 0.717) is 0 Å². The Hall–Kier alpha value is -1.99. The number of carbonyl (C=O) groups is 1. The zero-order chi connectivity index (χ0) is 13.9. The van der Waals surface area contributed by atoms with Gasteiger partial charge in [0.2, 0.25) is 0 Å². The second-order valence-electron chi connectivity index (χ2n) is 3.17. The molecule has 0 atom stereocenters. The van der Waals surface area contributed by atoms with Crippen molar-refractivity contribution in [3.8, 4) is 11.5 Å². The normalized spacial score (nSPS) is 11.0. The summed E-state index contributed by atoms with van der Waals surface area (Å²) in [5.74, 6) is -1.69. The number of esters is 1. The molecule has 0 aliphatic heterocycles. The van der Waals surface area contributed by atoms with Crippen LogP contribution in [-0.2, 0) is 4.74 Å². The Labute approximate surface area is 100 Å². The monoisotopic (exact) mass is 265 g/mol. The number of aromatic nitrogens is 1. The van der Waals surface area contributed by atoms with Crippen LogP contribution in [0.4, 0.5) is 13.2 Å². The molecule has 0 bridgehead atoms. The molecule has 0 fully saturated rings. The number of hydrogen-bond acceptors (Lipinski definition) is 5. The molecule has 1 rings (SSSR count). The first kappa shape index (κ1) is 14.1. The lowest BCUT2D eigenvalue weighted by Crippen LogP contribution is -2.19. The highest BCUT2D eigenvalue weighted by Gasteiger charge is 2.34. The van der Waals surface area contributed by atoms with Crippen molar-refractivity contribution >= 4 is 5.97 Å². The summed E-state index contributed by atoms with van der Waals surface area (Å²) in [7, 11) is 2.26. The molecule has 18 heavy (non-hydrogen) atoms. The van der Waals surface area contributed by atoms with Gasteiger partial charge in [0.05, 0.1) is 20.4 Å². The van der Waals surface area contributed by atoms with E-state index in [4.69, 9.17) is 4.74 Å². The molecule has 0 amide bonds. The molecule has 0 saturated heterocycles. The maximum Gasteiger partial charge on any atom is 0.573 e. The molecule has 5 nitrogen and oxygen atoms in total. The van der Waals surface area contributed by atoms with Crippen LogP contribution in [0.15, 0.2) is 6.20 Å². The van der Waals surface area contributed by atoms with Crippen LogP contribution in [0.25, 0.3) is 0 Å². The summed E-state index contributed by atoms with van der Waals surface area (Å²) in [6.07, 6.45) is -3.94. The first-order valence-electron chi connectivity index (χ1n) is 4.67. The molecule has 1 aromatic rings. The van der Waals surface area contributed by atoms with Gasteiger partial charge in [-0.2, -0.15) is 0 Å². The van der Waals surface area contributed by atoms with E-state index < -0.39 is 18.1 Å². The van der Waals surface area contributed by atoms with Crippen molar-refractivity contribution in [3.63, 3.8) is 0 Å². The van der Waals surface area contributed by atoms with E-state index in [1.165, 1.54) is 6.92 Å². The zero-order valence-electron chi connectivity index (χ0n) is 9.79. The highest BCUT2D eigenvalue weighted by atomic mass is 19.4. The number of hydrogen-bond donors (Lipinski definition) is 0. The van der Waals surface area contributed by atoms with Gasteiger partial charge in [-0.1, -0.05) is 0 Å². The van der Waals surface area contributed by atoms with Crippen molar-refractivity contribution in [3.05, 3.63) is 17.5 Å². The van der Waals surface area contributed by atoms with Gasteiger partial charge in [-0.05, 0) is 6.92 Å². The Morgan fingerprint density at radius 3 is 2.39 bits per heavy atom. The second kappa shape index (κ2) is 5.11. The molecule has 0 N–H and O–H groups in total. The highest BCUT2D eigenvalue weighted by Crippen LogP contribution is 2.35. The lowest BCUT2D eigenvalue weighted by atomic mass is 10.2. The lowest BCUT2D eigenvalue weighted by molar-refractivity contribution is -0.275. The largest absolute Gasteiger partial charge is 0.573 e. The first-order chi connectivity index (χ1) is 8.30. The average Bonchev–Trinajstić information content (AvgIpc) is 2.29. The molecule has 0 saturated carbocycles. The van der Waals surface area contributed by atoms with Crippen LogP contribution >= 0.6 is 0 Å². The number of nitrogens with zero attached hydrogens (tertiary/aromatic N) is 1. The van der Waals surface area contributed by atoms with Gasteiger partial charge in [0.1, 0.15) is 0 Å². The van der Waals surface area contributed by atoms with Crippen LogP contribution in [0.3, 0.4) is 0 Å². The molecule has 1 aromatic heterocycles. The van der Waals surface area contributed by atoms with E-state index in [9.17, 15) is 18.0 Å². The zero-order valence-corrected chi connectivity index (χ0v) is 9.79. The van der Waals surface area contributed by atoms with Crippen LogP contribution < -0.4 is 9.47 Å². The molecule has 1 heterocycles. The fraction of sp³-hybridized carbons (Fsp3) is 0.400. The lowest BCUT2D eigenvalue weighted by Gasteiger charge is -2.15. The van der Waals surface area contributed by atoms with Crippen LogP contribution in [-0.4, -0.2) is 31.5 Å². The van der Waals surface area contributed by atoms with Crippen molar-refractivity contribution in [1.29, 1.82) is 0 Å². The summed E-state index contributed by atoms with van der Waals surface area (Å²) >= 11 is 0. The Morgan fingerprint density at radius 2 is 1.94 bits per heavy atom. The second-order valence-corrected chi connectivity index (χ2v) is 3.17. The Balaban J connectivity index is 3.31. The van der Waals surface area contributed by atoms with Crippen LogP contribution in [0.5, 0.6) is 11.5 Å². The van der Waals surface area contributed by atoms with Gasteiger partial charge in [0, 0.05) is 5.56 Å². The van der Waals surface area contributed by atoms with Gasteiger partial charge < -0.3 is 14.2 Å². The Kier molecular flexibility index (Phi) is 4.00. The van der Waals surface area contributed by atoms with Crippen molar-refractivity contribution < 1.29 is 32.2 Å². The Bertz CT molecular complexity index is 459. The van der Waals surface area contributed by atoms with Crippen LogP contribution in [0.1, 0.15) is 16.1 Å². The molecule has 0 aliphatic rings. The summed E-state index contributed by atoms with van der Waals surface area (Å²) in [6, 6.07) is 0. The van der Waals surface area contributed by atoms with Crippen molar-refractivity contribution in [1.82, 2.24) is 4.98 Å². The van der Waals surface area contributed by atoms with Gasteiger partial charge in [-0.15, -0.1) is 13.2 Å². The Morgan fingerprint density at radius 1 is 1.33 bits per heavy atom. The van der Waals surface area contributed by atoms with Crippen molar-refractivity contribution in [2.24, 2.45) is 0 Å². The number of halogens is 3. The van der Waals surface area contributed by atoms with Crippen LogP contribution in [0, 0.1) is 6.92 Å². The number of carbonyl (C=O) groups excluding carboxylic acids is 1. The SMILES string of the molecule is COC(=O)c1ncc(OC)c(OC(F)(F)F)c1C. The minimum absolute atomic E-state index is 0.112. The summed E-state index contributed by atoms with van der Waals surface area (Å²) in [4.78, 5) is 15.0. The third-order valence-electron chi connectivity index (χ3n) is 2.05. The van der Waals surface area contributed by atoms with E-state index in [0.717, 1.165) is 20.4 Å². The number of alkyl halides is 3. The highest BCUT2D eigenvalue weighted by molar-refractivity contribution is 5.89. The van der Waals surface area contributed by atoms with Gasteiger partial charge in [0.25, 0.3) is 0 Å². The molecule has 100 valence electrons. The van der Waals surface area contributed by atoms with E-state index in [1.807, 2.05) is 0 Å². The first-order valence-corrected chi connectivity index (χ1v) is 4.67. The molecular weight excluding hydrogens is 255 g/mol. The third kappa shape index (κ3) is 3.02. The average molecular weight is 265 g/mol. The summed E-state index contributed by atoms with van der Waals surface area (Å²) in [6.45, 7) is 1.25. The summed E-state index contributed by atoms with van der Waals surface area (Å²) in [5.41, 5.74) is -0.379. The number of ether oxygens (including phenoxy) is 3. The molecule has 0 aromatic carbocycles. The smallest absolute Gasteiger partial charge is 0.491 e. The molecule has 8 heteroatoms. The summed E-state index contributed by atoms with van der Waals surface area (Å²) in [5, 5.41) is 0. The van der Waals surface area contributed by atoms with E-state index in [2.05, 4.69) is 14.5 Å². The molecule has 0 aliphatic carbocycles. The maximum atomic E-state index is 12.2. The maximum absolute atomic E-state index is 12.2. The predicted molar refractivity (Wildman–Crippen MR) is 53.5 cm³/mol. The molecular formula is C10H10F3NO4. The van der Waals surface area contributed by atoms with E-state index >= 15 is 0 Å². The fourth-order valence-corrected chi connectivity index (χ4v) is 1.26. The predicted octanol–water partition coefficient (Wildman–Crippen LogP) is 2.08. The van der Waals surface area contributed by atoms with Crippen LogP contribution in [0.2, 0.25) is 0 Å². The van der Waals surface area contributed by atoms with Gasteiger partial charge in [-0.25, -0.2) is 9.78 Å². The van der Waals surface area contributed by atoms with E-state index in [1.54, 1.807) is 0 Å². The fourth-order valence-electron chi connectivity index (χ4n) is 1.26. The third-order valence-corrected chi connectivity index (χ3v) is 2.05. The molecule has 0 radical (unpaired) electrons. The topological polar surface area (TPSA) is 57.7 Å². The number of methoxy groups -OCH3 is 2. The molecule has 0 spiro atoms. The van der Waals surface area contributed by atoms with Crippen molar-refractivity contribution in [2.45, 2.75) is 13.3 Å². The standard InChI is InChI=1S/C10H10F3NO4/c1-5-7(9(15)17-3)14-4-6(16-2)8(5)18-10(11,12)13/h4H,1-3H3. The quantitative estimate of drug-likeness (QED) is 0.783. The minimum Gasteiger partial charge on any atom is -0.491 e.